The molecule has 19 heavy (non-hydrogen) atoms. The van der Waals surface area contributed by atoms with Crippen molar-refractivity contribution < 1.29 is 9.53 Å². The molecule has 0 unspecified atom stereocenters. The molecule has 1 rings (SSSR count). The fourth-order valence-corrected chi connectivity index (χ4v) is 1.75. The molecule has 0 bridgehead atoms. The second-order valence-electron chi connectivity index (χ2n) is 5.73. The number of nitrogens with two attached hydrogens (primary N) is 1. The summed E-state index contributed by atoms with van der Waals surface area (Å²) in [6.45, 7) is 8.23. The number of hydrogen-bond acceptors (Lipinski definition) is 4. The van der Waals surface area contributed by atoms with Gasteiger partial charge in [-0.15, -0.1) is 0 Å². The Labute approximate surface area is 119 Å². The van der Waals surface area contributed by atoms with Crippen LogP contribution in [0.4, 0.5) is 0 Å². The minimum absolute atomic E-state index is 0.112. The Kier molecular flexibility index (Phi) is 4.76. The highest BCUT2D eigenvalue weighted by molar-refractivity contribution is 6.33. The minimum atomic E-state index is -0.749. The van der Waals surface area contributed by atoms with Gasteiger partial charge in [0.2, 0.25) is 0 Å². The van der Waals surface area contributed by atoms with Gasteiger partial charge >= 0.3 is 0 Å². The van der Waals surface area contributed by atoms with Gasteiger partial charge in [-0.3, -0.25) is 9.48 Å². The van der Waals surface area contributed by atoms with Gasteiger partial charge in [0.25, 0.3) is 0 Å². The lowest BCUT2D eigenvalue weighted by Crippen LogP contribution is -2.52. The zero-order valence-corrected chi connectivity index (χ0v) is 12.9. The van der Waals surface area contributed by atoms with Gasteiger partial charge < -0.3 is 10.5 Å². The molecule has 0 spiro atoms. The lowest BCUT2D eigenvalue weighted by Gasteiger charge is -2.37. The number of Topliss-reactive ketones (excluding diaryl/α,β-unsaturated/α-hetero) is 1. The van der Waals surface area contributed by atoms with Crippen LogP contribution < -0.4 is 5.73 Å². The van der Waals surface area contributed by atoms with E-state index in [9.17, 15) is 4.79 Å². The quantitative estimate of drug-likeness (QED) is 0.814. The van der Waals surface area contributed by atoms with Crippen molar-refractivity contribution in [1.82, 2.24) is 9.78 Å². The number of nitrogens with zero attached hydrogens (tertiary/aromatic N) is 2. The molecule has 108 valence electrons. The lowest BCUT2D eigenvalue weighted by atomic mass is 9.71. The number of ketones is 1. The van der Waals surface area contributed by atoms with Gasteiger partial charge in [0.05, 0.1) is 24.4 Å². The summed E-state index contributed by atoms with van der Waals surface area (Å²) in [4.78, 5) is 12.7. The van der Waals surface area contributed by atoms with Crippen LogP contribution in [0.1, 0.15) is 38.2 Å². The first-order valence-corrected chi connectivity index (χ1v) is 6.54. The first kappa shape index (κ1) is 16.1. The molecule has 2 N–H and O–H groups in total. The monoisotopic (exact) mass is 287 g/mol. The van der Waals surface area contributed by atoms with E-state index >= 15 is 0 Å². The van der Waals surface area contributed by atoms with Crippen molar-refractivity contribution in [3.8, 4) is 0 Å². The van der Waals surface area contributed by atoms with Crippen molar-refractivity contribution in [3.05, 3.63) is 16.9 Å². The summed E-state index contributed by atoms with van der Waals surface area (Å²) in [5.41, 5.74) is 5.08. The summed E-state index contributed by atoms with van der Waals surface area (Å²) in [6.07, 6.45) is 1.48. The molecule has 0 saturated heterocycles. The number of methoxy groups -OCH3 is 1. The van der Waals surface area contributed by atoms with Gasteiger partial charge in [0, 0.05) is 18.1 Å². The van der Waals surface area contributed by atoms with Crippen LogP contribution in [0.2, 0.25) is 5.02 Å². The Bertz CT molecular complexity index is 461. The fraction of sp³-hybridized carbons (Fsp3) is 0.692. The van der Waals surface area contributed by atoms with E-state index < -0.39 is 11.0 Å². The maximum absolute atomic E-state index is 12.7. The van der Waals surface area contributed by atoms with Gasteiger partial charge in [0.1, 0.15) is 5.69 Å². The van der Waals surface area contributed by atoms with Crippen molar-refractivity contribution in [3.63, 3.8) is 0 Å². The van der Waals surface area contributed by atoms with Crippen molar-refractivity contribution >= 4 is 17.4 Å². The Balaban J connectivity index is 3.16. The fourth-order valence-electron chi connectivity index (χ4n) is 1.52. The molecule has 0 saturated carbocycles. The summed E-state index contributed by atoms with van der Waals surface area (Å²) < 4.78 is 6.57. The standard InChI is InChI=1S/C13H22ClN3O2/c1-12(2,13(3,4)15)11(18)10-9(14)8-16-17(10)6-7-19-5/h8H,6-7,15H2,1-5H3. The van der Waals surface area contributed by atoms with Crippen molar-refractivity contribution in [1.29, 1.82) is 0 Å². The van der Waals surface area contributed by atoms with Gasteiger partial charge in [0.15, 0.2) is 5.78 Å². The molecule has 0 aliphatic rings. The lowest BCUT2D eigenvalue weighted by molar-refractivity contribution is 0.0719. The highest BCUT2D eigenvalue weighted by atomic mass is 35.5. The number of aromatic nitrogens is 2. The van der Waals surface area contributed by atoms with Crippen LogP contribution >= 0.6 is 11.6 Å². The maximum atomic E-state index is 12.7. The summed E-state index contributed by atoms with van der Waals surface area (Å²) in [5.74, 6) is -0.112. The van der Waals surface area contributed by atoms with E-state index in [2.05, 4.69) is 5.10 Å². The van der Waals surface area contributed by atoms with Crippen molar-refractivity contribution in [2.24, 2.45) is 11.1 Å². The van der Waals surface area contributed by atoms with Crippen LogP contribution in [0.5, 0.6) is 0 Å². The topological polar surface area (TPSA) is 70.1 Å². The first-order chi connectivity index (χ1) is 8.63. The summed E-state index contributed by atoms with van der Waals surface area (Å²) in [5, 5.41) is 4.46. The second kappa shape index (κ2) is 5.61. The molecule has 0 aliphatic carbocycles. The third-order valence-corrected chi connectivity index (χ3v) is 3.97. The number of ether oxygens (including phenoxy) is 1. The zero-order valence-electron chi connectivity index (χ0n) is 12.2. The zero-order chi connectivity index (χ0) is 14.8. The predicted octanol–water partition coefficient (Wildman–Crippen LogP) is 2.13. The Hall–Kier alpha value is -0.910. The van der Waals surface area contributed by atoms with Crippen LogP contribution in [0, 0.1) is 5.41 Å². The maximum Gasteiger partial charge on any atom is 0.189 e. The number of halogens is 1. The average Bonchev–Trinajstić information content (AvgIpc) is 2.65. The van der Waals surface area contributed by atoms with E-state index in [1.54, 1.807) is 11.8 Å². The van der Waals surface area contributed by atoms with Crippen molar-refractivity contribution in [2.45, 2.75) is 39.8 Å². The van der Waals surface area contributed by atoms with Crippen LogP contribution in [0.3, 0.4) is 0 Å². The smallest absolute Gasteiger partial charge is 0.189 e. The summed E-state index contributed by atoms with van der Waals surface area (Å²) in [7, 11) is 1.60. The normalized spacial score (nSPS) is 12.8. The van der Waals surface area contributed by atoms with E-state index in [1.807, 2.05) is 27.7 Å². The third kappa shape index (κ3) is 3.16. The largest absolute Gasteiger partial charge is 0.383 e. The molecule has 0 aliphatic heterocycles. The van der Waals surface area contributed by atoms with Crippen LogP contribution in [-0.2, 0) is 11.3 Å². The summed E-state index contributed by atoms with van der Waals surface area (Å²) >= 11 is 6.09. The van der Waals surface area contributed by atoms with Gasteiger partial charge in [-0.2, -0.15) is 5.10 Å². The van der Waals surface area contributed by atoms with Gasteiger partial charge in [-0.1, -0.05) is 25.4 Å². The third-order valence-electron chi connectivity index (χ3n) is 3.70. The van der Waals surface area contributed by atoms with E-state index in [0.29, 0.717) is 23.9 Å². The second-order valence-corrected chi connectivity index (χ2v) is 6.14. The van der Waals surface area contributed by atoms with E-state index in [-0.39, 0.29) is 5.78 Å². The molecule has 0 fully saturated rings. The predicted molar refractivity (Wildman–Crippen MR) is 75.5 cm³/mol. The number of carbonyl (C=O) groups excluding carboxylic acids is 1. The molecular weight excluding hydrogens is 266 g/mol. The average molecular weight is 288 g/mol. The van der Waals surface area contributed by atoms with Crippen LogP contribution in [0.25, 0.3) is 0 Å². The first-order valence-electron chi connectivity index (χ1n) is 6.17. The Morgan fingerprint density at radius 3 is 2.53 bits per heavy atom. The molecule has 1 heterocycles. The number of carbonyl (C=O) groups is 1. The Morgan fingerprint density at radius 2 is 2.05 bits per heavy atom. The molecule has 1 aromatic heterocycles. The minimum Gasteiger partial charge on any atom is -0.383 e. The molecule has 0 aromatic carbocycles. The van der Waals surface area contributed by atoms with E-state index in [1.165, 1.54) is 6.20 Å². The van der Waals surface area contributed by atoms with E-state index in [0.717, 1.165) is 0 Å². The molecule has 0 radical (unpaired) electrons. The molecule has 0 amide bonds. The van der Waals surface area contributed by atoms with Crippen LogP contribution in [-0.4, -0.2) is 34.8 Å². The number of hydrogen-bond donors (Lipinski definition) is 1. The molecular formula is C13H22ClN3O2. The highest BCUT2D eigenvalue weighted by Crippen LogP contribution is 2.34. The molecule has 0 atom stereocenters. The molecule has 6 heteroatoms. The van der Waals surface area contributed by atoms with E-state index in [4.69, 9.17) is 22.1 Å². The number of rotatable bonds is 6. The highest BCUT2D eigenvalue weighted by Gasteiger charge is 2.42. The van der Waals surface area contributed by atoms with Gasteiger partial charge in [-0.05, 0) is 13.8 Å². The molecule has 1 aromatic rings. The molecule has 5 nitrogen and oxygen atoms in total. The SMILES string of the molecule is COCCn1ncc(Cl)c1C(=O)C(C)(C)C(C)(C)N. The summed E-state index contributed by atoms with van der Waals surface area (Å²) in [6, 6.07) is 0. The van der Waals surface area contributed by atoms with Gasteiger partial charge in [-0.25, -0.2) is 0 Å². The van der Waals surface area contributed by atoms with Crippen LogP contribution in [0.15, 0.2) is 6.20 Å². The Morgan fingerprint density at radius 1 is 1.47 bits per heavy atom. The van der Waals surface area contributed by atoms with Crippen molar-refractivity contribution in [2.75, 3.05) is 13.7 Å².